The highest BCUT2D eigenvalue weighted by molar-refractivity contribution is 8.03. The van der Waals surface area contributed by atoms with Crippen molar-refractivity contribution in [2.24, 2.45) is 0 Å². The smallest absolute Gasteiger partial charge is 0.0122 e. The average molecular weight is 270 g/mol. The van der Waals surface area contributed by atoms with Crippen LogP contribution in [-0.4, -0.2) is 0 Å². The van der Waals surface area contributed by atoms with Crippen molar-refractivity contribution in [1.82, 2.24) is 0 Å². The van der Waals surface area contributed by atoms with Crippen LogP contribution >= 0.6 is 11.8 Å². The highest BCUT2D eigenvalue weighted by Crippen LogP contribution is 2.34. The summed E-state index contributed by atoms with van der Waals surface area (Å²) in [4.78, 5) is 2.41. The van der Waals surface area contributed by atoms with E-state index in [2.05, 4.69) is 37.4 Å². The van der Waals surface area contributed by atoms with E-state index in [9.17, 15) is 0 Å². The van der Waals surface area contributed by atoms with Gasteiger partial charge >= 0.3 is 0 Å². The topological polar surface area (TPSA) is 0 Å². The number of thioether (sulfide) groups is 1. The second-order valence-electron chi connectivity index (χ2n) is 5.01. The molecule has 0 atom stereocenters. The largest absolute Gasteiger partial charge is 0.0990 e. The molecule has 0 unspecified atom stereocenters. The minimum atomic E-state index is 0.787. The highest BCUT2D eigenvalue weighted by atomic mass is 32.2. The van der Waals surface area contributed by atoms with Crippen LogP contribution in [0.4, 0.5) is 0 Å². The quantitative estimate of drug-likeness (QED) is 0.461. The molecule has 0 nitrogen and oxygen atoms in total. The van der Waals surface area contributed by atoms with E-state index >= 15 is 0 Å². The van der Waals surface area contributed by atoms with Gasteiger partial charge in [-0.25, -0.2) is 0 Å². The van der Waals surface area contributed by atoms with Crippen LogP contribution in [0.5, 0.6) is 0 Å². The maximum Gasteiger partial charge on any atom is 0.0122 e. The summed E-state index contributed by atoms with van der Waals surface area (Å²) in [5.74, 6) is 0.787. The van der Waals surface area contributed by atoms with E-state index in [0.29, 0.717) is 0 Å². The van der Waals surface area contributed by atoms with Gasteiger partial charge in [0.05, 0.1) is 0 Å². The summed E-state index contributed by atoms with van der Waals surface area (Å²) >= 11 is 1.74. The number of allylic oxidation sites excluding steroid dienone is 3. The van der Waals surface area contributed by atoms with Gasteiger partial charge in [-0.05, 0) is 42.5 Å². The SMILES string of the molecule is C=C/C=C(\C=C)Sc1ccc(C2CCCCC2)cc1. The molecule has 19 heavy (non-hydrogen) atoms. The van der Waals surface area contributed by atoms with Crippen LogP contribution in [0.15, 0.2) is 65.5 Å². The number of benzene rings is 1. The predicted molar refractivity (Wildman–Crippen MR) is 86.6 cm³/mol. The first-order chi connectivity index (χ1) is 9.33. The third-order valence-corrected chi connectivity index (χ3v) is 4.72. The zero-order chi connectivity index (χ0) is 13.5. The Balaban J connectivity index is 2.03. The minimum absolute atomic E-state index is 0.787. The van der Waals surface area contributed by atoms with E-state index in [1.54, 1.807) is 17.8 Å². The third-order valence-electron chi connectivity index (χ3n) is 3.68. The molecular formula is C18H22S. The Hall–Kier alpha value is -1.21. The standard InChI is InChI=1S/C18H22S/c1-3-8-17(4-2)19-18-13-11-16(12-14-18)15-9-6-5-7-10-15/h3-4,8,11-15H,1-2,5-7,9-10H2/b17-8+. The van der Waals surface area contributed by atoms with Crippen molar-refractivity contribution in [2.45, 2.75) is 42.9 Å². The van der Waals surface area contributed by atoms with E-state index in [1.165, 1.54) is 42.6 Å². The van der Waals surface area contributed by atoms with Crippen molar-refractivity contribution >= 4 is 11.8 Å². The van der Waals surface area contributed by atoms with Crippen LogP contribution < -0.4 is 0 Å². The molecule has 1 aromatic carbocycles. The molecule has 0 amide bonds. The Kier molecular flexibility index (Phi) is 5.53. The van der Waals surface area contributed by atoms with Crippen LogP contribution in [0.1, 0.15) is 43.6 Å². The maximum atomic E-state index is 3.83. The Labute approximate surface area is 121 Å². The van der Waals surface area contributed by atoms with Gasteiger partial charge < -0.3 is 0 Å². The first-order valence-corrected chi connectivity index (χ1v) is 7.88. The summed E-state index contributed by atoms with van der Waals surface area (Å²) in [5, 5.41) is 0. The van der Waals surface area contributed by atoms with Gasteiger partial charge in [-0.3, -0.25) is 0 Å². The molecule has 2 rings (SSSR count). The minimum Gasteiger partial charge on any atom is -0.0990 e. The van der Waals surface area contributed by atoms with Crippen LogP contribution in [0.25, 0.3) is 0 Å². The molecule has 0 radical (unpaired) electrons. The lowest BCUT2D eigenvalue weighted by Crippen LogP contribution is -2.03. The molecule has 0 spiro atoms. The molecule has 1 heteroatoms. The average Bonchev–Trinajstić information content (AvgIpc) is 2.48. The molecule has 100 valence electrons. The fourth-order valence-electron chi connectivity index (χ4n) is 2.64. The lowest BCUT2D eigenvalue weighted by atomic mass is 9.84. The Morgan fingerprint density at radius 3 is 2.32 bits per heavy atom. The molecule has 0 bridgehead atoms. The van der Waals surface area contributed by atoms with Gasteiger partial charge in [0.15, 0.2) is 0 Å². The van der Waals surface area contributed by atoms with Crippen LogP contribution in [0, 0.1) is 0 Å². The van der Waals surface area contributed by atoms with E-state index < -0.39 is 0 Å². The normalized spacial score (nSPS) is 17.2. The van der Waals surface area contributed by atoms with E-state index in [0.717, 1.165) is 10.8 Å². The Morgan fingerprint density at radius 1 is 1.05 bits per heavy atom. The van der Waals surface area contributed by atoms with Crippen molar-refractivity contribution in [3.05, 3.63) is 66.1 Å². The lowest BCUT2D eigenvalue weighted by Gasteiger charge is -2.22. The van der Waals surface area contributed by atoms with Crippen LogP contribution in [-0.2, 0) is 0 Å². The summed E-state index contributed by atoms with van der Waals surface area (Å²) < 4.78 is 0. The van der Waals surface area contributed by atoms with Gasteiger partial charge in [-0.2, -0.15) is 0 Å². The molecule has 1 aromatic rings. The first-order valence-electron chi connectivity index (χ1n) is 7.06. The lowest BCUT2D eigenvalue weighted by molar-refractivity contribution is 0.443. The first kappa shape index (κ1) is 14.2. The van der Waals surface area contributed by atoms with Crippen molar-refractivity contribution < 1.29 is 0 Å². The van der Waals surface area contributed by atoms with Gasteiger partial charge in [-0.1, -0.05) is 68.5 Å². The van der Waals surface area contributed by atoms with Gasteiger partial charge in [0.2, 0.25) is 0 Å². The molecule has 0 saturated heterocycles. The summed E-state index contributed by atoms with van der Waals surface area (Å²) in [6, 6.07) is 9.06. The summed E-state index contributed by atoms with van der Waals surface area (Å²) in [7, 11) is 0. The zero-order valence-electron chi connectivity index (χ0n) is 11.5. The molecule has 1 saturated carbocycles. The molecular weight excluding hydrogens is 248 g/mol. The van der Waals surface area contributed by atoms with Gasteiger partial charge in [-0.15, -0.1) is 0 Å². The van der Waals surface area contributed by atoms with Gasteiger partial charge in [0, 0.05) is 9.80 Å². The van der Waals surface area contributed by atoms with E-state index in [1.807, 2.05) is 12.2 Å². The number of hydrogen-bond acceptors (Lipinski definition) is 1. The maximum absolute atomic E-state index is 3.83. The predicted octanol–water partition coefficient (Wildman–Crippen LogP) is 6.08. The fourth-order valence-corrected chi connectivity index (χ4v) is 3.43. The van der Waals surface area contributed by atoms with E-state index in [4.69, 9.17) is 0 Å². The summed E-state index contributed by atoms with van der Waals surface area (Å²) in [6.07, 6.45) is 12.6. The van der Waals surface area contributed by atoms with Crippen molar-refractivity contribution in [1.29, 1.82) is 0 Å². The second-order valence-corrected chi connectivity index (χ2v) is 6.16. The second kappa shape index (κ2) is 7.40. The Morgan fingerprint density at radius 2 is 1.74 bits per heavy atom. The van der Waals surface area contributed by atoms with Crippen LogP contribution in [0.2, 0.25) is 0 Å². The molecule has 1 aliphatic rings. The highest BCUT2D eigenvalue weighted by Gasteiger charge is 2.15. The van der Waals surface area contributed by atoms with Crippen molar-refractivity contribution in [3.8, 4) is 0 Å². The molecule has 0 N–H and O–H groups in total. The van der Waals surface area contributed by atoms with E-state index in [-0.39, 0.29) is 0 Å². The molecule has 1 fully saturated rings. The monoisotopic (exact) mass is 270 g/mol. The van der Waals surface area contributed by atoms with Crippen molar-refractivity contribution in [3.63, 3.8) is 0 Å². The molecule has 0 aliphatic heterocycles. The third kappa shape index (κ3) is 4.14. The molecule has 0 aromatic heterocycles. The zero-order valence-corrected chi connectivity index (χ0v) is 12.3. The van der Waals surface area contributed by atoms with Crippen molar-refractivity contribution in [2.75, 3.05) is 0 Å². The van der Waals surface area contributed by atoms with Crippen LogP contribution in [0.3, 0.4) is 0 Å². The molecule has 1 aliphatic carbocycles. The summed E-state index contributed by atoms with van der Waals surface area (Å²) in [5.41, 5.74) is 1.51. The fraction of sp³-hybridized carbons (Fsp3) is 0.333. The Bertz CT molecular complexity index is 447. The molecule has 0 heterocycles. The number of hydrogen-bond donors (Lipinski definition) is 0. The summed E-state index contributed by atoms with van der Waals surface area (Å²) in [6.45, 7) is 7.56. The number of rotatable bonds is 5. The van der Waals surface area contributed by atoms with Gasteiger partial charge in [0.25, 0.3) is 0 Å². The van der Waals surface area contributed by atoms with Gasteiger partial charge in [0.1, 0.15) is 0 Å².